The van der Waals surface area contributed by atoms with Crippen molar-refractivity contribution >= 4 is 10.9 Å². The molecule has 1 aromatic carbocycles. The molecule has 2 N–H and O–H groups in total. The maximum absolute atomic E-state index is 13.8. The number of fused-ring (bicyclic) bond motifs is 1. The molecule has 1 fully saturated rings. The maximum Gasteiger partial charge on any atom is 0.127 e. The van der Waals surface area contributed by atoms with E-state index in [1.165, 1.54) is 0 Å². The largest absolute Gasteiger partial charge is 0.351 e. The van der Waals surface area contributed by atoms with Crippen molar-refractivity contribution in [1.29, 1.82) is 0 Å². The summed E-state index contributed by atoms with van der Waals surface area (Å²) >= 11 is 0. The van der Waals surface area contributed by atoms with Crippen LogP contribution in [0.25, 0.3) is 10.9 Å². The normalized spacial score (nSPS) is 17.9. The van der Waals surface area contributed by atoms with E-state index in [0.717, 1.165) is 29.3 Å². The lowest BCUT2D eigenvalue weighted by atomic mass is 10.0. The molecule has 3 heteroatoms. The van der Waals surface area contributed by atoms with E-state index in [-0.39, 0.29) is 11.4 Å². The van der Waals surface area contributed by atoms with Gasteiger partial charge in [0.25, 0.3) is 0 Å². The predicted octanol–water partition coefficient (Wildman–Crippen LogP) is 2.35. The SMILES string of the molecule is Cn1ccc2cc(F)c(CC3(N)CC3)cc21. The fourth-order valence-corrected chi connectivity index (χ4v) is 2.18. The van der Waals surface area contributed by atoms with Crippen LogP contribution in [0.2, 0.25) is 0 Å². The lowest BCUT2D eigenvalue weighted by Crippen LogP contribution is -2.25. The first-order valence-corrected chi connectivity index (χ1v) is 5.60. The van der Waals surface area contributed by atoms with Gasteiger partial charge < -0.3 is 10.3 Å². The molecule has 0 bridgehead atoms. The first-order chi connectivity index (χ1) is 7.57. The van der Waals surface area contributed by atoms with Crippen molar-refractivity contribution < 1.29 is 4.39 Å². The highest BCUT2D eigenvalue weighted by Gasteiger charge is 2.38. The molecule has 0 spiro atoms. The quantitative estimate of drug-likeness (QED) is 0.824. The van der Waals surface area contributed by atoms with E-state index in [1.807, 2.05) is 29.9 Å². The monoisotopic (exact) mass is 218 g/mol. The zero-order valence-electron chi connectivity index (χ0n) is 9.33. The minimum absolute atomic E-state index is 0.129. The van der Waals surface area contributed by atoms with Gasteiger partial charge in [-0.1, -0.05) is 0 Å². The number of hydrogen-bond donors (Lipinski definition) is 1. The zero-order chi connectivity index (χ0) is 11.3. The van der Waals surface area contributed by atoms with Crippen LogP contribution in [-0.2, 0) is 13.5 Å². The van der Waals surface area contributed by atoms with Gasteiger partial charge in [0.05, 0.1) is 0 Å². The second-order valence-corrected chi connectivity index (χ2v) is 4.97. The van der Waals surface area contributed by atoms with Crippen LogP contribution in [0.3, 0.4) is 0 Å². The molecule has 1 aromatic heterocycles. The zero-order valence-corrected chi connectivity index (χ0v) is 9.33. The summed E-state index contributed by atoms with van der Waals surface area (Å²) in [5.41, 5.74) is 7.71. The minimum atomic E-state index is -0.139. The molecule has 2 aromatic rings. The standard InChI is InChI=1S/C13H15FN2/c1-16-5-2-9-6-11(14)10(7-12(9)16)8-13(15)3-4-13/h2,5-7H,3-4,8,15H2,1H3. The lowest BCUT2D eigenvalue weighted by Gasteiger charge is -2.10. The van der Waals surface area contributed by atoms with Crippen molar-refractivity contribution in [3.05, 3.63) is 35.8 Å². The van der Waals surface area contributed by atoms with Gasteiger partial charge in [0, 0.05) is 29.7 Å². The Bertz CT molecular complexity index is 552. The molecule has 1 saturated carbocycles. The first-order valence-electron chi connectivity index (χ1n) is 5.60. The predicted molar refractivity (Wildman–Crippen MR) is 62.7 cm³/mol. The summed E-state index contributed by atoms with van der Waals surface area (Å²) in [6.45, 7) is 0. The molecule has 0 unspecified atom stereocenters. The summed E-state index contributed by atoms with van der Waals surface area (Å²) in [4.78, 5) is 0. The van der Waals surface area contributed by atoms with Crippen LogP contribution >= 0.6 is 0 Å². The summed E-state index contributed by atoms with van der Waals surface area (Å²) in [7, 11) is 1.97. The molecular formula is C13H15FN2. The number of nitrogens with zero attached hydrogens (tertiary/aromatic N) is 1. The van der Waals surface area contributed by atoms with E-state index in [1.54, 1.807) is 6.07 Å². The lowest BCUT2D eigenvalue weighted by molar-refractivity contribution is 0.584. The first kappa shape index (κ1) is 9.85. The molecule has 1 heterocycles. The van der Waals surface area contributed by atoms with Gasteiger partial charge in [-0.2, -0.15) is 0 Å². The van der Waals surface area contributed by atoms with E-state index >= 15 is 0 Å². The molecule has 0 radical (unpaired) electrons. The summed E-state index contributed by atoms with van der Waals surface area (Å²) in [5.74, 6) is -0.129. The second-order valence-electron chi connectivity index (χ2n) is 4.97. The van der Waals surface area contributed by atoms with E-state index in [4.69, 9.17) is 5.73 Å². The number of nitrogens with two attached hydrogens (primary N) is 1. The van der Waals surface area contributed by atoms with Crippen molar-refractivity contribution in [2.45, 2.75) is 24.8 Å². The van der Waals surface area contributed by atoms with Gasteiger partial charge in [-0.15, -0.1) is 0 Å². The van der Waals surface area contributed by atoms with Crippen LogP contribution in [0, 0.1) is 5.82 Å². The summed E-state index contributed by atoms with van der Waals surface area (Å²) in [6.07, 6.45) is 4.62. The average Bonchev–Trinajstić information content (AvgIpc) is 2.86. The Balaban J connectivity index is 2.09. The van der Waals surface area contributed by atoms with Crippen molar-refractivity contribution in [3.8, 4) is 0 Å². The second kappa shape index (κ2) is 3.08. The van der Waals surface area contributed by atoms with Crippen molar-refractivity contribution in [3.63, 3.8) is 0 Å². The number of rotatable bonds is 2. The van der Waals surface area contributed by atoms with E-state index < -0.39 is 0 Å². The van der Waals surface area contributed by atoms with Crippen LogP contribution in [0.5, 0.6) is 0 Å². The third kappa shape index (κ3) is 1.52. The van der Waals surface area contributed by atoms with Crippen LogP contribution in [0.15, 0.2) is 24.4 Å². The number of benzene rings is 1. The number of hydrogen-bond acceptors (Lipinski definition) is 1. The molecule has 16 heavy (non-hydrogen) atoms. The molecule has 1 aliphatic carbocycles. The van der Waals surface area contributed by atoms with E-state index in [2.05, 4.69) is 0 Å². The highest BCUT2D eigenvalue weighted by Crippen LogP contribution is 2.36. The number of aromatic nitrogens is 1. The van der Waals surface area contributed by atoms with Gasteiger partial charge in [0.1, 0.15) is 5.82 Å². The van der Waals surface area contributed by atoms with E-state index in [0.29, 0.717) is 6.42 Å². The Labute approximate surface area is 93.9 Å². The number of halogens is 1. The maximum atomic E-state index is 13.8. The molecule has 1 aliphatic rings. The van der Waals surface area contributed by atoms with Crippen molar-refractivity contribution in [2.75, 3.05) is 0 Å². The van der Waals surface area contributed by atoms with Crippen LogP contribution < -0.4 is 5.73 Å². The number of aryl methyl sites for hydroxylation is 1. The molecule has 84 valence electrons. The van der Waals surface area contributed by atoms with Gasteiger partial charge in [0.2, 0.25) is 0 Å². The molecule has 3 rings (SSSR count). The Morgan fingerprint density at radius 1 is 1.44 bits per heavy atom. The topological polar surface area (TPSA) is 30.9 Å². The van der Waals surface area contributed by atoms with Crippen LogP contribution in [-0.4, -0.2) is 10.1 Å². The summed E-state index contributed by atoms with van der Waals surface area (Å²) in [5, 5.41) is 0.950. The smallest absolute Gasteiger partial charge is 0.127 e. The molecule has 2 nitrogen and oxygen atoms in total. The van der Waals surface area contributed by atoms with Gasteiger partial charge in [-0.3, -0.25) is 0 Å². The highest BCUT2D eigenvalue weighted by molar-refractivity contribution is 5.81. The third-order valence-corrected chi connectivity index (χ3v) is 3.49. The van der Waals surface area contributed by atoms with Gasteiger partial charge in [-0.25, -0.2) is 4.39 Å². The molecular weight excluding hydrogens is 203 g/mol. The Kier molecular flexibility index (Phi) is 1.89. The van der Waals surface area contributed by atoms with Crippen LogP contribution in [0.1, 0.15) is 18.4 Å². The van der Waals surface area contributed by atoms with Crippen molar-refractivity contribution in [2.24, 2.45) is 12.8 Å². The fourth-order valence-electron chi connectivity index (χ4n) is 2.18. The molecule has 0 amide bonds. The van der Waals surface area contributed by atoms with E-state index in [9.17, 15) is 4.39 Å². The molecule has 0 aliphatic heterocycles. The van der Waals surface area contributed by atoms with Crippen LogP contribution in [0.4, 0.5) is 4.39 Å². The van der Waals surface area contributed by atoms with Gasteiger partial charge >= 0.3 is 0 Å². The fraction of sp³-hybridized carbons (Fsp3) is 0.385. The molecule has 0 atom stereocenters. The Morgan fingerprint density at radius 3 is 2.88 bits per heavy atom. The summed E-state index contributed by atoms with van der Waals surface area (Å²) < 4.78 is 15.8. The van der Waals surface area contributed by atoms with Gasteiger partial charge in [-0.05, 0) is 43.0 Å². The Morgan fingerprint density at radius 2 is 2.19 bits per heavy atom. The minimum Gasteiger partial charge on any atom is -0.351 e. The Hall–Kier alpha value is -1.35. The van der Waals surface area contributed by atoms with Crippen molar-refractivity contribution in [1.82, 2.24) is 4.57 Å². The highest BCUT2D eigenvalue weighted by atomic mass is 19.1. The summed E-state index contributed by atoms with van der Waals surface area (Å²) in [6, 6.07) is 5.46. The third-order valence-electron chi connectivity index (χ3n) is 3.49. The van der Waals surface area contributed by atoms with Gasteiger partial charge in [0.15, 0.2) is 0 Å². The average molecular weight is 218 g/mol. The molecule has 0 saturated heterocycles.